The van der Waals surface area contributed by atoms with Gasteiger partial charge in [0.05, 0.1) is 6.04 Å². The van der Waals surface area contributed by atoms with Gasteiger partial charge in [0, 0.05) is 13.0 Å². The zero-order valence-electron chi connectivity index (χ0n) is 21.3. The lowest BCUT2D eigenvalue weighted by Gasteiger charge is -2.29. The third-order valence-electron chi connectivity index (χ3n) is 6.60. The molecule has 1 aliphatic heterocycles. The number of amides is 3. The van der Waals surface area contributed by atoms with E-state index in [1.165, 1.54) is 4.90 Å². The minimum Gasteiger partial charge on any atom is -0.480 e. The summed E-state index contributed by atoms with van der Waals surface area (Å²) in [5, 5.41) is 15.0. The number of likely N-dealkylation sites (tertiary alicyclic amines) is 1. The number of hydrogen-bond donors (Lipinski definition) is 4. The fourth-order valence-corrected chi connectivity index (χ4v) is 4.57. The summed E-state index contributed by atoms with van der Waals surface area (Å²) in [7, 11) is 0. The number of benzene rings is 2. The monoisotopic (exact) mass is 508 g/mol. The zero-order chi connectivity index (χ0) is 26.9. The van der Waals surface area contributed by atoms with Crippen LogP contribution in [0.2, 0.25) is 0 Å². The average Bonchev–Trinajstić information content (AvgIpc) is 3.37. The molecule has 1 heterocycles. The van der Waals surface area contributed by atoms with Gasteiger partial charge in [0.25, 0.3) is 0 Å². The van der Waals surface area contributed by atoms with Gasteiger partial charge >= 0.3 is 5.97 Å². The van der Waals surface area contributed by atoms with Gasteiger partial charge in [-0.1, -0.05) is 74.5 Å². The van der Waals surface area contributed by atoms with Crippen LogP contribution < -0.4 is 16.4 Å². The van der Waals surface area contributed by atoms with Crippen molar-refractivity contribution in [3.8, 4) is 0 Å². The summed E-state index contributed by atoms with van der Waals surface area (Å²) in [4.78, 5) is 52.7. The van der Waals surface area contributed by atoms with Gasteiger partial charge in [-0.15, -0.1) is 0 Å². The molecule has 0 saturated carbocycles. The number of hydrogen-bond acceptors (Lipinski definition) is 5. The van der Waals surface area contributed by atoms with Crippen LogP contribution >= 0.6 is 0 Å². The fourth-order valence-electron chi connectivity index (χ4n) is 4.57. The molecule has 0 spiro atoms. The summed E-state index contributed by atoms with van der Waals surface area (Å²) in [6, 6.07) is 14.8. The summed E-state index contributed by atoms with van der Waals surface area (Å²) < 4.78 is 0. The Hall–Kier alpha value is -3.72. The van der Waals surface area contributed by atoms with E-state index in [0.29, 0.717) is 25.8 Å². The highest BCUT2D eigenvalue weighted by molar-refractivity contribution is 5.94. The minimum absolute atomic E-state index is 0.116. The van der Waals surface area contributed by atoms with E-state index in [2.05, 4.69) is 10.6 Å². The third-order valence-corrected chi connectivity index (χ3v) is 6.60. The first-order valence-electron chi connectivity index (χ1n) is 12.6. The molecule has 3 amide bonds. The number of carboxylic acid groups (broad SMARTS) is 1. The highest BCUT2D eigenvalue weighted by atomic mass is 16.4. The lowest BCUT2D eigenvalue weighted by molar-refractivity contribution is -0.143. The van der Waals surface area contributed by atoms with Crippen molar-refractivity contribution >= 4 is 23.7 Å². The van der Waals surface area contributed by atoms with Crippen molar-refractivity contribution in [1.82, 2.24) is 15.5 Å². The number of aliphatic carboxylic acids is 1. The molecular formula is C28H36N4O5. The Bertz CT molecular complexity index is 1080. The summed E-state index contributed by atoms with van der Waals surface area (Å²) in [6.07, 6.45) is 1.59. The normalized spacial score (nSPS) is 17.6. The molecule has 9 nitrogen and oxygen atoms in total. The number of carbonyl (C=O) groups excluding carboxylic acids is 3. The van der Waals surface area contributed by atoms with Gasteiger partial charge in [0.1, 0.15) is 18.1 Å². The maximum Gasteiger partial charge on any atom is 0.326 e. The minimum atomic E-state index is -1.16. The van der Waals surface area contributed by atoms with Crippen molar-refractivity contribution in [3.05, 3.63) is 71.8 Å². The summed E-state index contributed by atoms with van der Waals surface area (Å²) in [5.41, 5.74) is 7.90. The van der Waals surface area contributed by atoms with Crippen molar-refractivity contribution in [2.45, 2.75) is 63.7 Å². The molecule has 9 heteroatoms. The SMILES string of the molecule is CC(C)C(NC(=O)C1CCCN1C(=O)C(N)Cc1ccccc1)C(=O)NC(Cc1ccccc1)C(=O)O. The van der Waals surface area contributed by atoms with Crippen LogP contribution in [0.15, 0.2) is 60.7 Å². The molecule has 1 saturated heterocycles. The summed E-state index contributed by atoms with van der Waals surface area (Å²) >= 11 is 0. The molecule has 1 aliphatic rings. The van der Waals surface area contributed by atoms with E-state index in [1.807, 2.05) is 36.4 Å². The third kappa shape index (κ3) is 7.63. The van der Waals surface area contributed by atoms with Gasteiger partial charge in [0.15, 0.2) is 0 Å². The maximum atomic E-state index is 13.2. The van der Waals surface area contributed by atoms with Crippen molar-refractivity contribution in [1.29, 1.82) is 0 Å². The second kappa shape index (κ2) is 13.0. The molecule has 2 aromatic rings. The van der Waals surface area contributed by atoms with E-state index in [9.17, 15) is 24.3 Å². The van der Waals surface area contributed by atoms with Gasteiger partial charge in [-0.05, 0) is 36.3 Å². The Balaban J connectivity index is 1.64. The van der Waals surface area contributed by atoms with Gasteiger partial charge < -0.3 is 26.4 Å². The maximum absolute atomic E-state index is 13.2. The Morgan fingerprint density at radius 3 is 2.05 bits per heavy atom. The molecule has 2 aromatic carbocycles. The number of rotatable bonds is 11. The van der Waals surface area contributed by atoms with Crippen LogP contribution in [-0.4, -0.2) is 64.4 Å². The fraction of sp³-hybridized carbons (Fsp3) is 0.429. The smallest absolute Gasteiger partial charge is 0.326 e. The highest BCUT2D eigenvalue weighted by Gasteiger charge is 2.38. The van der Waals surface area contributed by atoms with Crippen LogP contribution in [0.5, 0.6) is 0 Å². The van der Waals surface area contributed by atoms with Gasteiger partial charge in [-0.25, -0.2) is 4.79 Å². The Labute approximate surface area is 217 Å². The van der Waals surface area contributed by atoms with E-state index >= 15 is 0 Å². The van der Waals surface area contributed by atoms with Crippen LogP contribution in [0.25, 0.3) is 0 Å². The molecule has 3 rings (SSSR count). The first kappa shape index (κ1) is 27.9. The van der Waals surface area contributed by atoms with Gasteiger partial charge in [-0.2, -0.15) is 0 Å². The standard InChI is InChI=1S/C28H36N4O5/c1-18(2)24(26(34)30-22(28(36)37)17-20-12-7-4-8-13-20)31-25(33)23-14-9-15-32(23)27(35)21(29)16-19-10-5-3-6-11-19/h3-8,10-13,18,21-24H,9,14-17,29H2,1-2H3,(H,30,34)(H,31,33)(H,36,37). The first-order chi connectivity index (χ1) is 17.7. The second-order valence-corrected chi connectivity index (χ2v) is 9.81. The highest BCUT2D eigenvalue weighted by Crippen LogP contribution is 2.20. The molecule has 0 aliphatic carbocycles. The first-order valence-corrected chi connectivity index (χ1v) is 12.6. The molecule has 4 atom stereocenters. The zero-order valence-corrected chi connectivity index (χ0v) is 21.3. The van der Waals surface area contributed by atoms with Crippen LogP contribution in [0.3, 0.4) is 0 Å². The van der Waals surface area contributed by atoms with Crippen LogP contribution in [0.4, 0.5) is 0 Å². The molecule has 0 bridgehead atoms. The molecule has 37 heavy (non-hydrogen) atoms. The molecule has 4 unspecified atom stereocenters. The van der Waals surface area contributed by atoms with E-state index in [0.717, 1.165) is 11.1 Å². The quantitative estimate of drug-likeness (QED) is 0.362. The van der Waals surface area contributed by atoms with Crippen molar-refractivity contribution in [3.63, 3.8) is 0 Å². The number of nitrogens with one attached hydrogen (secondary N) is 2. The lowest BCUT2D eigenvalue weighted by Crippen LogP contribution is -2.58. The number of nitrogens with zero attached hydrogens (tertiary/aromatic N) is 1. The Kier molecular flexibility index (Phi) is 9.79. The van der Waals surface area contributed by atoms with Crippen LogP contribution in [-0.2, 0) is 32.0 Å². The Morgan fingerprint density at radius 1 is 0.946 bits per heavy atom. The largest absolute Gasteiger partial charge is 0.480 e. The molecule has 1 fully saturated rings. The second-order valence-electron chi connectivity index (χ2n) is 9.81. The number of carbonyl (C=O) groups is 4. The molecule has 0 radical (unpaired) electrons. The number of carboxylic acids is 1. The molecular weight excluding hydrogens is 472 g/mol. The van der Waals surface area contributed by atoms with Crippen molar-refractivity contribution in [2.75, 3.05) is 6.54 Å². The Morgan fingerprint density at radius 2 is 1.51 bits per heavy atom. The van der Waals surface area contributed by atoms with E-state index in [4.69, 9.17) is 5.73 Å². The molecule has 0 aromatic heterocycles. The van der Waals surface area contributed by atoms with Crippen LogP contribution in [0, 0.1) is 5.92 Å². The van der Waals surface area contributed by atoms with Crippen molar-refractivity contribution < 1.29 is 24.3 Å². The van der Waals surface area contributed by atoms with E-state index in [1.54, 1.807) is 38.1 Å². The van der Waals surface area contributed by atoms with Gasteiger partial charge in [-0.3, -0.25) is 14.4 Å². The molecule has 198 valence electrons. The van der Waals surface area contributed by atoms with Crippen molar-refractivity contribution in [2.24, 2.45) is 11.7 Å². The predicted octanol–water partition coefficient (Wildman–Crippen LogP) is 1.50. The molecule has 5 N–H and O–H groups in total. The predicted molar refractivity (Wildman–Crippen MR) is 139 cm³/mol. The number of nitrogens with two attached hydrogens (primary N) is 1. The topological polar surface area (TPSA) is 142 Å². The van der Waals surface area contributed by atoms with Gasteiger partial charge in [0.2, 0.25) is 17.7 Å². The summed E-state index contributed by atoms with van der Waals surface area (Å²) in [5.74, 6) is -2.79. The summed E-state index contributed by atoms with van der Waals surface area (Å²) in [6.45, 7) is 3.95. The lowest BCUT2D eigenvalue weighted by atomic mass is 10.0. The van der Waals surface area contributed by atoms with E-state index < -0.39 is 42.0 Å². The van der Waals surface area contributed by atoms with Crippen LogP contribution in [0.1, 0.15) is 37.8 Å². The van der Waals surface area contributed by atoms with E-state index in [-0.39, 0.29) is 18.2 Å². The average molecular weight is 509 g/mol.